The highest BCUT2D eigenvalue weighted by Crippen LogP contribution is 2.29. The van der Waals surface area contributed by atoms with Crippen molar-refractivity contribution in [3.8, 4) is 11.4 Å². The van der Waals surface area contributed by atoms with Crippen LogP contribution in [0.5, 0.6) is 0 Å². The summed E-state index contributed by atoms with van der Waals surface area (Å²) in [6.45, 7) is 0.991. The molecule has 0 bridgehead atoms. The standard InChI is InChI=1S/C19H16FN3O2/c20-16-9-5-4-8-15(16)19(24)23-11-10-14(12-23)18-21-17(22-25-18)13-6-2-1-3-7-13/h1-9,14H,10-12H2/t14-/m0/s1. The van der Waals surface area contributed by atoms with Crippen molar-refractivity contribution in [2.75, 3.05) is 13.1 Å². The van der Waals surface area contributed by atoms with Gasteiger partial charge in [-0.2, -0.15) is 4.98 Å². The first-order valence-electron chi connectivity index (χ1n) is 8.15. The number of hydrogen-bond donors (Lipinski definition) is 0. The van der Waals surface area contributed by atoms with Crippen molar-refractivity contribution in [3.63, 3.8) is 0 Å². The summed E-state index contributed by atoms with van der Waals surface area (Å²) in [5.41, 5.74) is 0.980. The maximum Gasteiger partial charge on any atom is 0.256 e. The fourth-order valence-corrected chi connectivity index (χ4v) is 3.06. The number of hydrogen-bond acceptors (Lipinski definition) is 4. The second-order valence-corrected chi connectivity index (χ2v) is 6.04. The molecule has 126 valence electrons. The van der Waals surface area contributed by atoms with E-state index in [-0.39, 0.29) is 17.4 Å². The van der Waals surface area contributed by atoms with Gasteiger partial charge in [-0.15, -0.1) is 0 Å². The summed E-state index contributed by atoms with van der Waals surface area (Å²) in [7, 11) is 0. The highest BCUT2D eigenvalue weighted by molar-refractivity contribution is 5.94. The number of carbonyl (C=O) groups is 1. The predicted molar refractivity (Wildman–Crippen MR) is 89.4 cm³/mol. The van der Waals surface area contributed by atoms with Crippen LogP contribution in [-0.4, -0.2) is 34.0 Å². The second-order valence-electron chi connectivity index (χ2n) is 6.04. The average Bonchev–Trinajstić information content (AvgIpc) is 3.32. The Balaban J connectivity index is 1.49. The van der Waals surface area contributed by atoms with Crippen molar-refractivity contribution in [1.82, 2.24) is 15.0 Å². The van der Waals surface area contributed by atoms with Gasteiger partial charge in [-0.3, -0.25) is 4.79 Å². The van der Waals surface area contributed by atoms with E-state index in [4.69, 9.17) is 4.52 Å². The number of carbonyl (C=O) groups excluding carboxylic acids is 1. The molecule has 25 heavy (non-hydrogen) atoms. The van der Waals surface area contributed by atoms with E-state index >= 15 is 0 Å². The maximum atomic E-state index is 13.8. The van der Waals surface area contributed by atoms with Gasteiger partial charge in [-0.05, 0) is 18.6 Å². The molecule has 1 aliphatic heterocycles. The molecular weight excluding hydrogens is 321 g/mol. The van der Waals surface area contributed by atoms with Crippen LogP contribution in [0.3, 0.4) is 0 Å². The number of benzene rings is 2. The van der Waals surface area contributed by atoms with Crippen LogP contribution in [0.2, 0.25) is 0 Å². The molecule has 1 amide bonds. The lowest BCUT2D eigenvalue weighted by Crippen LogP contribution is -2.29. The van der Waals surface area contributed by atoms with Crippen LogP contribution in [0, 0.1) is 5.82 Å². The molecule has 4 rings (SSSR count). The van der Waals surface area contributed by atoms with E-state index in [9.17, 15) is 9.18 Å². The Morgan fingerprint density at radius 1 is 1.12 bits per heavy atom. The minimum Gasteiger partial charge on any atom is -0.339 e. The summed E-state index contributed by atoms with van der Waals surface area (Å²) in [5, 5.41) is 4.02. The Bertz CT molecular complexity index is 894. The lowest BCUT2D eigenvalue weighted by atomic mass is 10.1. The van der Waals surface area contributed by atoms with Crippen LogP contribution in [0.15, 0.2) is 59.1 Å². The van der Waals surface area contributed by atoms with Gasteiger partial charge < -0.3 is 9.42 Å². The Kier molecular flexibility index (Phi) is 4.01. The molecule has 1 atom stereocenters. The molecule has 0 N–H and O–H groups in total. The van der Waals surface area contributed by atoms with Crippen LogP contribution < -0.4 is 0 Å². The topological polar surface area (TPSA) is 59.2 Å². The first kappa shape index (κ1) is 15.5. The van der Waals surface area contributed by atoms with Gasteiger partial charge in [0.25, 0.3) is 5.91 Å². The largest absolute Gasteiger partial charge is 0.339 e. The van der Waals surface area contributed by atoms with E-state index in [1.807, 2.05) is 30.3 Å². The van der Waals surface area contributed by atoms with Crippen molar-refractivity contribution in [2.45, 2.75) is 12.3 Å². The predicted octanol–water partition coefficient (Wildman–Crippen LogP) is 3.51. The summed E-state index contributed by atoms with van der Waals surface area (Å²) in [4.78, 5) is 18.6. The van der Waals surface area contributed by atoms with E-state index in [0.717, 1.165) is 12.0 Å². The van der Waals surface area contributed by atoms with E-state index in [0.29, 0.717) is 24.8 Å². The summed E-state index contributed by atoms with van der Waals surface area (Å²) in [6, 6.07) is 15.6. The third-order valence-corrected chi connectivity index (χ3v) is 4.40. The Hall–Kier alpha value is -3.02. The Morgan fingerprint density at radius 2 is 1.88 bits per heavy atom. The van der Waals surface area contributed by atoms with E-state index < -0.39 is 5.82 Å². The van der Waals surface area contributed by atoms with Crippen molar-refractivity contribution in [2.24, 2.45) is 0 Å². The molecule has 0 saturated carbocycles. The molecule has 1 aliphatic rings. The first-order valence-corrected chi connectivity index (χ1v) is 8.15. The molecule has 0 spiro atoms. The Morgan fingerprint density at radius 3 is 2.68 bits per heavy atom. The highest BCUT2D eigenvalue weighted by Gasteiger charge is 2.32. The SMILES string of the molecule is O=C(c1ccccc1F)N1CC[C@H](c2nc(-c3ccccc3)no2)C1. The molecule has 3 aromatic rings. The van der Waals surface area contributed by atoms with Crippen LogP contribution >= 0.6 is 0 Å². The normalized spacial score (nSPS) is 17.0. The third kappa shape index (κ3) is 3.03. The average molecular weight is 337 g/mol. The molecule has 2 aromatic carbocycles. The minimum atomic E-state index is -0.500. The van der Waals surface area contributed by atoms with Gasteiger partial charge in [0.1, 0.15) is 5.82 Å². The van der Waals surface area contributed by atoms with E-state index in [2.05, 4.69) is 10.1 Å². The van der Waals surface area contributed by atoms with Crippen LogP contribution in [-0.2, 0) is 0 Å². The van der Waals surface area contributed by atoms with Crippen molar-refractivity contribution in [3.05, 3.63) is 71.9 Å². The number of halogens is 1. The minimum absolute atomic E-state index is 0.0271. The molecule has 0 aliphatic carbocycles. The van der Waals surface area contributed by atoms with Crippen LogP contribution in [0.25, 0.3) is 11.4 Å². The quantitative estimate of drug-likeness (QED) is 0.734. The fourth-order valence-electron chi connectivity index (χ4n) is 3.06. The smallest absolute Gasteiger partial charge is 0.256 e. The van der Waals surface area contributed by atoms with Gasteiger partial charge in [0.05, 0.1) is 11.5 Å². The van der Waals surface area contributed by atoms with E-state index in [1.54, 1.807) is 17.0 Å². The number of aromatic nitrogens is 2. The molecule has 2 heterocycles. The van der Waals surface area contributed by atoms with E-state index in [1.165, 1.54) is 12.1 Å². The van der Waals surface area contributed by atoms with Crippen molar-refractivity contribution < 1.29 is 13.7 Å². The molecule has 1 fully saturated rings. The zero-order chi connectivity index (χ0) is 17.2. The Labute approximate surface area is 144 Å². The zero-order valence-corrected chi connectivity index (χ0v) is 13.4. The lowest BCUT2D eigenvalue weighted by molar-refractivity contribution is 0.0785. The number of amides is 1. The van der Waals surface area contributed by atoms with Gasteiger partial charge in [0.2, 0.25) is 11.7 Å². The zero-order valence-electron chi connectivity index (χ0n) is 13.4. The molecular formula is C19H16FN3O2. The summed E-state index contributed by atoms with van der Waals surface area (Å²) < 4.78 is 19.2. The number of likely N-dealkylation sites (tertiary alicyclic amines) is 1. The van der Waals surface area contributed by atoms with Gasteiger partial charge in [-0.1, -0.05) is 47.6 Å². The second kappa shape index (κ2) is 6.47. The van der Waals surface area contributed by atoms with Gasteiger partial charge in [0, 0.05) is 18.7 Å². The molecule has 1 saturated heterocycles. The summed E-state index contributed by atoms with van der Waals surface area (Å²) in [6.07, 6.45) is 0.719. The maximum absolute atomic E-state index is 13.8. The molecule has 0 unspecified atom stereocenters. The molecule has 6 heteroatoms. The van der Waals surface area contributed by atoms with Gasteiger partial charge in [0.15, 0.2) is 0 Å². The monoisotopic (exact) mass is 337 g/mol. The van der Waals surface area contributed by atoms with Crippen molar-refractivity contribution >= 4 is 5.91 Å². The third-order valence-electron chi connectivity index (χ3n) is 4.40. The highest BCUT2D eigenvalue weighted by atomic mass is 19.1. The van der Waals surface area contributed by atoms with Crippen molar-refractivity contribution in [1.29, 1.82) is 0 Å². The lowest BCUT2D eigenvalue weighted by Gasteiger charge is -2.16. The summed E-state index contributed by atoms with van der Waals surface area (Å²) in [5.74, 6) is 0.223. The van der Waals surface area contributed by atoms with Gasteiger partial charge >= 0.3 is 0 Å². The summed E-state index contributed by atoms with van der Waals surface area (Å²) >= 11 is 0. The van der Waals surface area contributed by atoms with Crippen LogP contribution in [0.4, 0.5) is 4.39 Å². The van der Waals surface area contributed by atoms with Gasteiger partial charge in [-0.25, -0.2) is 4.39 Å². The fraction of sp³-hybridized carbons (Fsp3) is 0.211. The first-order chi connectivity index (χ1) is 12.2. The number of nitrogens with zero attached hydrogens (tertiary/aromatic N) is 3. The molecule has 1 aromatic heterocycles. The van der Waals surface area contributed by atoms with Crippen LogP contribution in [0.1, 0.15) is 28.6 Å². The number of rotatable bonds is 3. The molecule has 0 radical (unpaired) electrons. The molecule has 5 nitrogen and oxygen atoms in total.